The van der Waals surface area contributed by atoms with Crippen molar-refractivity contribution in [2.45, 2.75) is 39.2 Å². The topological polar surface area (TPSA) is 77.0 Å². The fourth-order valence-corrected chi connectivity index (χ4v) is 3.61. The van der Waals surface area contributed by atoms with E-state index in [0.29, 0.717) is 6.42 Å². The molecule has 0 aromatic heterocycles. The summed E-state index contributed by atoms with van der Waals surface area (Å²) in [6.07, 6.45) is 4.14. The van der Waals surface area contributed by atoms with Gasteiger partial charge in [0.1, 0.15) is 9.84 Å². The van der Waals surface area contributed by atoms with Gasteiger partial charge in [0.05, 0.1) is 5.75 Å². The van der Waals surface area contributed by atoms with Gasteiger partial charge in [-0.15, -0.1) is 24.0 Å². The average molecular weight is 503 g/mol. The van der Waals surface area contributed by atoms with E-state index in [1.807, 2.05) is 13.8 Å². The van der Waals surface area contributed by atoms with Crippen LogP contribution in [-0.4, -0.2) is 95.1 Å². The van der Waals surface area contributed by atoms with Gasteiger partial charge in [-0.05, 0) is 59.8 Å². The monoisotopic (exact) mass is 503 g/mol. The Morgan fingerprint density at radius 2 is 1.96 bits per heavy atom. The Balaban J connectivity index is 0.00000625. The number of nitrogens with zero attached hydrogens (tertiary/aromatic N) is 3. The molecule has 1 atom stereocenters. The van der Waals surface area contributed by atoms with Gasteiger partial charge in [0.15, 0.2) is 5.96 Å². The van der Waals surface area contributed by atoms with Crippen molar-refractivity contribution in [2.75, 3.05) is 64.9 Å². The van der Waals surface area contributed by atoms with Gasteiger partial charge >= 0.3 is 0 Å². The van der Waals surface area contributed by atoms with Crippen LogP contribution in [-0.2, 0) is 9.84 Å². The first kappa shape index (κ1) is 25.9. The highest BCUT2D eigenvalue weighted by atomic mass is 127. The van der Waals surface area contributed by atoms with E-state index in [-0.39, 0.29) is 35.8 Å². The molecule has 0 amide bonds. The van der Waals surface area contributed by atoms with E-state index in [1.54, 1.807) is 0 Å². The van der Waals surface area contributed by atoms with Gasteiger partial charge < -0.3 is 20.4 Å². The summed E-state index contributed by atoms with van der Waals surface area (Å²) in [6, 6.07) is 0.0775. The Hall–Kier alpha value is -0.130. The van der Waals surface area contributed by atoms with Crippen LogP contribution < -0.4 is 10.6 Å². The standard InChI is InChI=1S/C17H37N5O2S.HI/c1-5-18-17(20-16(2)8-15-25(4,23)24)19-9-6-11-22-12-7-10-21(3)13-14-22;/h16H,5-15H2,1-4H3,(H2,18,19,20);1H. The van der Waals surface area contributed by atoms with E-state index in [1.165, 1.54) is 25.8 Å². The second-order valence-electron chi connectivity index (χ2n) is 7.08. The van der Waals surface area contributed by atoms with Crippen LogP contribution in [0.15, 0.2) is 4.99 Å². The summed E-state index contributed by atoms with van der Waals surface area (Å²) in [6.45, 7) is 11.3. The van der Waals surface area contributed by atoms with Gasteiger partial charge in [0.25, 0.3) is 0 Å². The lowest BCUT2D eigenvalue weighted by molar-refractivity contribution is 0.275. The zero-order valence-electron chi connectivity index (χ0n) is 16.8. The van der Waals surface area contributed by atoms with E-state index in [0.717, 1.165) is 45.1 Å². The Bertz CT molecular complexity index is 501. The van der Waals surface area contributed by atoms with Crippen LogP contribution in [0.1, 0.15) is 33.1 Å². The molecule has 2 N–H and O–H groups in total. The third-order valence-electron chi connectivity index (χ3n) is 4.36. The van der Waals surface area contributed by atoms with Crippen LogP contribution in [0.5, 0.6) is 0 Å². The molecule has 1 heterocycles. The zero-order chi connectivity index (χ0) is 18.7. The molecule has 1 fully saturated rings. The summed E-state index contributed by atoms with van der Waals surface area (Å²) in [5, 5.41) is 6.53. The molecule has 1 unspecified atom stereocenters. The quantitative estimate of drug-likeness (QED) is 0.212. The van der Waals surface area contributed by atoms with Crippen LogP contribution >= 0.6 is 24.0 Å². The summed E-state index contributed by atoms with van der Waals surface area (Å²) in [4.78, 5) is 9.54. The van der Waals surface area contributed by atoms with Crippen molar-refractivity contribution in [2.24, 2.45) is 4.99 Å². The van der Waals surface area contributed by atoms with Crippen LogP contribution in [0.4, 0.5) is 0 Å². The number of rotatable bonds is 9. The first-order chi connectivity index (χ1) is 11.8. The number of guanidine groups is 1. The van der Waals surface area contributed by atoms with Crippen molar-refractivity contribution in [1.29, 1.82) is 0 Å². The lowest BCUT2D eigenvalue weighted by Gasteiger charge is -2.20. The maximum absolute atomic E-state index is 11.3. The van der Waals surface area contributed by atoms with Gasteiger partial charge in [0.2, 0.25) is 0 Å². The van der Waals surface area contributed by atoms with Crippen LogP contribution in [0.25, 0.3) is 0 Å². The molecular weight excluding hydrogens is 465 g/mol. The first-order valence-electron chi connectivity index (χ1n) is 9.43. The van der Waals surface area contributed by atoms with Gasteiger partial charge in [0, 0.05) is 38.5 Å². The van der Waals surface area contributed by atoms with Gasteiger partial charge in [-0.2, -0.15) is 0 Å². The smallest absolute Gasteiger partial charge is 0.191 e. The minimum Gasteiger partial charge on any atom is -0.357 e. The molecule has 156 valence electrons. The van der Waals surface area contributed by atoms with Crippen molar-refractivity contribution < 1.29 is 8.42 Å². The van der Waals surface area contributed by atoms with Gasteiger partial charge in [-0.1, -0.05) is 0 Å². The van der Waals surface area contributed by atoms with Crippen LogP contribution in [0.2, 0.25) is 0 Å². The number of sulfone groups is 1. The normalized spacial score (nSPS) is 18.7. The summed E-state index contributed by atoms with van der Waals surface area (Å²) in [5.74, 6) is 0.975. The number of aliphatic imine (C=N–C) groups is 1. The summed E-state index contributed by atoms with van der Waals surface area (Å²) < 4.78 is 22.5. The van der Waals surface area contributed by atoms with Crippen LogP contribution in [0, 0.1) is 0 Å². The third-order valence-corrected chi connectivity index (χ3v) is 5.34. The van der Waals surface area contributed by atoms with E-state index in [4.69, 9.17) is 0 Å². The number of nitrogens with one attached hydrogen (secondary N) is 2. The lowest BCUT2D eigenvalue weighted by Crippen LogP contribution is -2.43. The molecule has 26 heavy (non-hydrogen) atoms. The van der Waals surface area contributed by atoms with Gasteiger partial charge in [-0.25, -0.2) is 8.42 Å². The van der Waals surface area contributed by atoms with E-state index in [9.17, 15) is 8.42 Å². The molecule has 9 heteroatoms. The molecule has 7 nitrogen and oxygen atoms in total. The van der Waals surface area contributed by atoms with Crippen molar-refractivity contribution in [1.82, 2.24) is 20.4 Å². The Labute approximate surface area is 177 Å². The summed E-state index contributed by atoms with van der Waals surface area (Å²) in [7, 11) is -0.729. The lowest BCUT2D eigenvalue weighted by atomic mass is 10.3. The molecule has 1 aliphatic heterocycles. The van der Waals surface area contributed by atoms with Crippen molar-refractivity contribution >= 4 is 39.8 Å². The average Bonchev–Trinajstić information content (AvgIpc) is 2.73. The number of hydrogen-bond acceptors (Lipinski definition) is 5. The molecule has 1 rings (SSSR count). The highest BCUT2D eigenvalue weighted by Crippen LogP contribution is 2.02. The maximum atomic E-state index is 11.3. The molecule has 1 saturated heterocycles. The number of likely N-dealkylation sites (N-methyl/N-ethyl adjacent to an activating group) is 1. The molecule has 1 aliphatic rings. The SMILES string of the molecule is CCNC(=NCCCN1CCCN(C)CC1)NC(C)CCS(C)(=O)=O.I. The second-order valence-corrected chi connectivity index (χ2v) is 9.34. The number of hydrogen-bond donors (Lipinski definition) is 2. The molecule has 0 saturated carbocycles. The summed E-state index contributed by atoms with van der Waals surface area (Å²) >= 11 is 0. The predicted molar refractivity (Wildman–Crippen MR) is 121 cm³/mol. The largest absolute Gasteiger partial charge is 0.357 e. The molecule has 0 spiro atoms. The molecule has 0 bridgehead atoms. The van der Waals surface area contributed by atoms with E-state index in [2.05, 4.69) is 32.5 Å². The Kier molecular flexibility index (Phi) is 13.9. The fraction of sp³-hybridized carbons (Fsp3) is 0.941. The molecule has 0 aliphatic carbocycles. The maximum Gasteiger partial charge on any atom is 0.191 e. The minimum atomic E-state index is -2.92. The summed E-state index contributed by atoms with van der Waals surface area (Å²) in [5.41, 5.74) is 0. The Morgan fingerprint density at radius 1 is 1.23 bits per heavy atom. The first-order valence-corrected chi connectivity index (χ1v) is 11.5. The minimum absolute atomic E-state index is 0. The third kappa shape index (κ3) is 13.1. The highest BCUT2D eigenvalue weighted by Gasteiger charge is 2.12. The van der Waals surface area contributed by atoms with Crippen molar-refractivity contribution in [3.8, 4) is 0 Å². The predicted octanol–water partition coefficient (Wildman–Crippen LogP) is 1.01. The number of halogens is 1. The van der Waals surface area contributed by atoms with Gasteiger partial charge in [-0.3, -0.25) is 4.99 Å². The van der Waals surface area contributed by atoms with E-state index < -0.39 is 9.84 Å². The second kappa shape index (κ2) is 14.0. The van der Waals surface area contributed by atoms with Crippen molar-refractivity contribution in [3.63, 3.8) is 0 Å². The van der Waals surface area contributed by atoms with Crippen molar-refractivity contribution in [3.05, 3.63) is 0 Å². The molecular formula is C17H38IN5O2S. The Morgan fingerprint density at radius 3 is 2.62 bits per heavy atom. The highest BCUT2D eigenvalue weighted by molar-refractivity contribution is 14.0. The fourth-order valence-electron chi connectivity index (χ4n) is 2.83. The molecule has 0 aromatic rings. The van der Waals surface area contributed by atoms with Crippen LogP contribution in [0.3, 0.4) is 0 Å². The molecule has 0 aromatic carbocycles. The molecule has 0 radical (unpaired) electrons. The van der Waals surface area contributed by atoms with E-state index >= 15 is 0 Å². The zero-order valence-corrected chi connectivity index (χ0v) is 20.0.